The van der Waals surface area contributed by atoms with Gasteiger partial charge in [0, 0.05) is 48.1 Å². The summed E-state index contributed by atoms with van der Waals surface area (Å²) in [6.07, 6.45) is 4.84. The van der Waals surface area contributed by atoms with Gasteiger partial charge in [0.2, 0.25) is 5.95 Å². The van der Waals surface area contributed by atoms with Gasteiger partial charge in [0.05, 0.1) is 12.6 Å². The molecule has 0 spiro atoms. The van der Waals surface area contributed by atoms with E-state index < -0.39 is 0 Å². The van der Waals surface area contributed by atoms with Crippen LogP contribution in [0.4, 0.5) is 11.6 Å². The number of hydrogen-bond donors (Lipinski definition) is 1. The van der Waals surface area contributed by atoms with Crippen LogP contribution in [0.3, 0.4) is 0 Å². The third-order valence-corrected chi connectivity index (χ3v) is 5.08. The van der Waals surface area contributed by atoms with Crippen molar-refractivity contribution in [3.63, 3.8) is 0 Å². The molecule has 0 aliphatic carbocycles. The summed E-state index contributed by atoms with van der Waals surface area (Å²) in [5, 5.41) is 4.08. The Balaban J connectivity index is 1.54. The zero-order chi connectivity index (χ0) is 20.2. The number of nitrogens with one attached hydrogen (secondary N) is 1. The van der Waals surface area contributed by atoms with Gasteiger partial charge in [-0.1, -0.05) is 0 Å². The Bertz CT molecular complexity index is 1020. The average molecular weight is 392 g/mol. The van der Waals surface area contributed by atoms with Crippen LogP contribution in [0.1, 0.15) is 23.2 Å². The van der Waals surface area contributed by atoms with E-state index in [1.54, 1.807) is 31.5 Å². The molecule has 3 aromatic rings. The summed E-state index contributed by atoms with van der Waals surface area (Å²) in [4.78, 5) is 22.4. The van der Waals surface area contributed by atoms with Crippen molar-refractivity contribution in [3.05, 3.63) is 48.2 Å². The highest BCUT2D eigenvalue weighted by Gasteiger charge is 2.18. The third-order valence-electron chi connectivity index (χ3n) is 5.08. The molecule has 29 heavy (non-hydrogen) atoms. The van der Waals surface area contributed by atoms with Gasteiger partial charge in [-0.15, -0.1) is 0 Å². The summed E-state index contributed by atoms with van der Waals surface area (Å²) in [5.41, 5.74) is 2.00. The van der Waals surface area contributed by atoms with Crippen LogP contribution in [0.15, 0.2) is 42.6 Å². The Morgan fingerprint density at radius 3 is 2.72 bits per heavy atom. The highest BCUT2D eigenvalue weighted by atomic mass is 16.5. The summed E-state index contributed by atoms with van der Waals surface area (Å²) < 4.78 is 11.4. The summed E-state index contributed by atoms with van der Waals surface area (Å²) in [7, 11) is 3.70. The number of fused-ring (bicyclic) bond motifs is 1. The van der Waals surface area contributed by atoms with Crippen LogP contribution < -0.4 is 14.8 Å². The Hall–Kier alpha value is -3.19. The number of aldehydes is 1. The average Bonchev–Trinajstić information content (AvgIpc) is 2.75. The quantitative estimate of drug-likeness (QED) is 0.642. The van der Waals surface area contributed by atoms with Crippen LogP contribution in [0, 0.1) is 0 Å². The van der Waals surface area contributed by atoms with Crippen molar-refractivity contribution in [1.82, 2.24) is 14.9 Å². The molecule has 0 radical (unpaired) electrons. The summed E-state index contributed by atoms with van der Waals surface area (Å²) in [5.74, 6) is 1.85. The standard InChI is InChI=1S/C22H24N4O3/c1-26-7-5-18(6-8-26)29-19-4-3-16-13-23-22(25-21(16)12-19)24-17-9-15(14-27)10-20(11-17)28-2/h3-4,9-14,18H,5-8H2,1-2H3,(H,23,24,25). The van der Waals surface area contributed by atoms with Gasteiger partial charge >= 0.3 is 0 Å². The number of ether oxygens (including phenoxy) is 2. The van der Waals surface area contributed by atoms with Crippen LogP contribution in [0.2, 0.25) is 0 Å². The molecule has 0 amide bonds. The van der Waals surface area contributed by atoms with E-state index in [9.17, 15) is 4.79 Å². The Morgan fingerprint density at radius 1 is 1.14 bits per heavy atom. The van der Waals surface area contributed by atoms with Crippen molar-refractivity contribution < 1.29 is 14.3 Å². The molecule has 0 saturated carbocycles. The maximum atomic E-state index is 11.1. The number of carbonyl (C=O) groups excluding carboxylic acids is 1. The maximum Gasteiger partial charge on any atom is 0.227 e. The predicted molar refractivity (Wildman–Crippen MR) is 112 cm³/mol. The van der Waals surface area contributed by atoms with Gasteiger partial charge in [-0.2, -0.15) is 0 Å². The van der Waals surface area contributed by atoms with E-state index in [1.807, 2.05) is 18.2 Å². The highest BCUT2D eigenvalue weighted by molar-refractivity contribution is 5.81. The van der Waals surface area contributed by atoms with Crippen LogP contribution >= 0.6 is 0 Å². The topological polar surface area (TPSA) is 76.6 Å². The molecule has 1 saturated heterocycles. The number of rotatable bonds is 6. The zero-order valence-electron chi connectivity index (χ0n) is 16.6. The van der Waals surface area contributed by atoms with Gasteiger partial charge in [-0.25, -0.2) is 9.97 Å². The van der Waals surface area contributed by atoms with Crippen LogP contribution in [0.25, 0.3) is 10.9 Å². The minimum absolute atomic E-state index is 0.238. The molecule has 0 bridgehead atoms. The first-order valence-corrected chi connectivity index (χ1v) is 9.66. The van der Waals surface area contributed by atoms with Crippen LogP contribution in [-0.4, -0.2) is 54.5 Å². The number of carbonyl (C=O) groups is 1. The zero-order valence-corrected chi connectivity index (χ0v) is 16.6. The highest BCUT2D eigenvalue weighted by Crippen LogP contribution is 2.25. The molecule has 1 aliphatic heterocycles. The summed E-state index contributed by atoms with van der Waals surface area (Å²) in [6, 6.07) is 11.1. The minimum Gasteiger partial charge on any atom is -0.497 e. The monoisotopic (exact) mass is 392 g/mol. The molecule has 1 aliphatic rings. The Labute approximate surface area is 169 Å². The second-order valence-electron chi connectivity index (χ2n) is 7.27. The second kappa shape index (κ2) is 8.45. The molecule has 150 valence electrons. The SMILES string of the molecule is COc1cc(C=O)cc(Nc2ncc3ccc(OC4CCN(C)CC4)cc3n2)c1. The molecule has 1 aromatic heterocycles. The molecule has 2 heterocycles. The Morgan fingerprint density at radius 2 is 1.97 bits per heavy atom. The Kier molecular flexibility index (Phi) is 5.57. The normalized spacial score (nSPS) is 15.2. The number of aromatic nitrogens is 2. The van der Waals surface area contributed by atoms with Gasteiger partial charge in [0.1, 0.15) is 23.9 Å². The van der Waals surface area contributed by atoms with Crippen molar-refractivity contribution in [2.24, 2.45) is 0 Å². The van der Waals surface area contributed by atoms with Gasteiger partial charge in [0.25, 0.3) is 0 Å². The molecular formula is C22H24N4O3. The van der Waals surface area contributed by atoms with Crippen LogP contribution in [0.5, 0.6) is 11.5 Å². The molecule has 1 fully saturated rings. The van der Waals surface area contributed by atoms with E-state index in [0.29, 0.717) is 22.9 Å². The number of anilines is 2. The predicted octanol–water partition coefficient (Wildman–Crippen LogP) is 3.67. The minimum atomic E-state index is 0.238. The van der Waals surface area contributed by atoms with Gasteiger partial charge < -0.3 is 19.7 Å². The van der Waals surface area contributed by atoms with Crippen molar-refractivity contribution in [3.8, 4) is 11.5 Å². The van der Waals surface area contributed by atoms with Crippen molar-refractivity contribution in [1.29, 1.82) is 0 Å². The molecule has 0 unspecified atom stereocenters. The lowest BCUT2D eigenvalue weighted by molar-refractivity contribution is 0.112. The van der Waals surface area contributed by atoms with E-state index in [4.69, 9.17) is 9.47 Å². The molecule has 1 N–H and O–H groups in total. The van der Waals surface area contributed by atoms with Gasteiger partial charge in [0.15, 0.2) is 0 Å². The first-order valence-electron chi connectivity index (χ1n) is 9.66. The first-order chi connectivity index (χ1) is 14.1. The molecule has 0 atom stereocenters. The number of nitrogens with zero attached hydrogens (tertiary/aromatic N) is 3. The molecule has 4 rings (SSSR count). The van der Waals surface area contributed by atoms with E-state index in [0.717, 1.165) is 48.9 Å². The van der Waals surface area contributed by atoms with E-state index in [1.165, 1.54) is 0 Å². The number of hydrogen-bond acceptors (Lipinski definition) is 7. The lowest BCUT2D eigenvalue weighted by Crippen LogP contribution is -2.35. The van der Waals surface area contributed by atoms with Crippen molar-refractivity contribution in [2.45, 2.75) is 18.9 Å². The van der Waals surface area contributed by atoms with E-state index >= 15 is 0 Å². The largest absolute Gasteiger partial charge is 0.497 e. The van der Waals surface area contributed by atoms with Crippen molar-refractivity contribution >= 4 is 28.8 Å². The van der Waals surface area contributed by atoms with Gasteiger partial charge in [-0.3, -0.25) is 4.79 Å². The molecule has 7 nitrogen and oxygen atoms in total. The number of methoxy groups -OCH3 is 1. The number of benzene rings is 2. The van der Waals surface area contributed by atoms with Crippen LogP contribution in [-0.2, 0) is 0 Å². The summed E-state index contributed by atoms with van der Waals surface area (Å²) >= 11 is 0. The molecular weight excluding hydrogens is 368 g/mol. The smallest absolute Gasteiger partial charge is 0.227 e. The third kappa shape index (κ3) is 4.63. The lowest BCUT2D eigenvalue weighted by atomic mass is 10.1. The maximum absolute atomic E-state index is 11.1. The second-order valence-corrected chi connectivity index (χ2v) is 7.27. The van der Waals surface area contributed by atoms with Crippen molar-refractivity contribution in [2.75, 3.05) is 32.6 Å². The fourth-order valence-electron chi connectivity index (χ4n) is 3.44. The molecule has 7 heteroatoms. The summed E-state index contributed by atoms with van der Waals surface area (Å²) in [6.45, 7) is 2.11. The van der Waals surface area contributed by atoms with E-state index in [2.05, 4.69) is 27.2 Å². The molecule has 2 aromatic carbocycles. The number of likely N-dealkylation sites (tertiary alicyclic amines) is 1. The van der Waals surface area contributed by atoms with E-state index in [-0.39, 0.29) is 6.10 Å². The number of piperidine rings is 1. The lowest BCUT2D eigenvalue weighted by Gasteiger charge is -2.29. The fourth-order valence-corrected chi connectivity index (χ4v) is 3.44. The first kappa shape index (κ1) is 19.1. The fraction of sp³-hybridized carbons (Fsp3) is 0.318. The van der Waals surface area contributed by atoms with Gasteiger partial charge in [-0.05, 0) is 44.2 Å².